The summed E-state index contributed by atoms with van der Waals surface area (Å²) in [5, 5.41) is 4.33. The summed E-state index contributed by atoms with van der Waals surface area (Å²) in [6.45, 7) is 0. The second kappa shape index (κ2) is 2.28. The van der Waals surface area contributed by atoms with Crippen molar-refractivity contribution in [2.75, 3.05) is 0 Å². The molecule has 7 heteroatoms. The molecule has 2 N–H and O–H groups in total. The number of amides is 3. The first kappa shape index (κ1) is 7.23. The second-order valence-electron chi connectivity index (χ2n) is 2.24. The Labute approximate surface area is 71.7 Å². The number of rotatable bonds is 0. The van der Waals surface area contributed by atoms with Crippen LogP contribution in [0.2, 0.25) is 0 Å². The Balaban J connectivity index is 2.34. The molecule has 12 heavy (non-hydrogen) atoms. The van der Waals surface area contributed by atoms with E-state index in [1.54, 1.807) is 0 Å². The van der Waals surface area contributed by atoms with Crippen LogP contribution in [0.5, 0.6) is 0 Å². The maximum absolute atomic E-state index is 11.0. The number of halogens is 1. The van der Waals surface area contributed by atoms with Gasteiger partial charge in [-0.2, -0.15) is 0 Å². The van der Waals surface area contributed by atoms with E-state index >= 15 is 0 Å². The van der Waals surface area contributed by atoms with Gasteiger partial charge in [0.1, 0.15) is 5.84 Å². The van der Waals surface area contributed by atoms with Crippen molar-refractivity contribution in [2.45, 2.75) is 6.04 Å². The SMILES string of the molecule is O=C1NC(=O)C2N=C(Cl)N=C2N1. The molecule has 62 valence electrons. The highest BCUT2D eigenvalue weighted by molar-refractivity contribution is 6.66. The number of hydrogen-bond acceptors (Lipinski definition) is 4. The maximum Gasteiger partial charge on any atom is 0.326 e. The van der Waals surface area contributed by atoms with E-state index in [0.29, 0.717) is 0 Å². The lowest BCUT2D eigenvalue weighted by Gasteiger charge is -2.16. The van der Waals surface area contributed by atoms with Crippen molar-refractivity contribution >= 4 is 34.7 Å². The van der Waals surface area contributed by atoms with Gasteiger partial charge in [0.05, 0.1) is 0 Å². The van der Waals surface area contributed by atoms with Crippen LogP contribution in [0.4, 0.5) is 4.79 Å². The number of aliphatic imine (C=N–C) groups is 2. The van der Waals surface area contributed by atoms with Gasteiger partial charge >= 0.3 is 6.03 Å². The van der Waals surface area contributed by atoms with Gasteiger partial charge in [-0.05, 0) is 11.6 Å². The molecule has 2 rings (SSSR count). The average Bonchev–Trinajstić information content (AvgIpc) is 2.29. The molecule has 0 aliphatic carbocycles. The largest absolute Gasteiger partial charge is 0.326 e. The van der Waals surface area contributed by atoms with Crippen molar-refractivity contribution in [3.05, 3.63) is 0 Å². The Kier molecular flexibility index (Phi) is 1.37. The summed E-state index contributed by atoms with van der Waals surface area (Å²) in [7, 11) is 0. The van der Waals surface area contributed by atoms with E-state index in [-0.39, 0.29) is 11.1 Å². The minimum atomic E-state index is -0.782. The fourth-order valence-electron chi connectivity index (χ4n) is 0.964. The highest BCUT2D eigenvalue weighted by Crippen LogP contribution is 2.09. The summed E-state index contributed by atoms with van der Waals surface area (Å²) in [5.41, 5.74) is 0. The number of amidine groups is 2. The maximum atomic E-state index is 11.0. The summed E-state index contributed by atoms with van der Waals surface area (Å²) in [6, 6.07) is -1.38. The van der Waals surface area contributed by atoms with E-state index in [2.05, 4.69) is 15.3 Å². The van der Waals surface area contributed by atoms with Crippen molar-refractivity contribution < 1.29 is 9.59 Å². The Morgan fingerprint density at radius 3 is 2.83 bits per heavy atom. The zero-order valence-corrected chi connectivity index (χ0v) is 6.42. The van der Waals surface area contributed by atoms with Crippen LogP contribution in [0.25, 0.3) is 0 Å². The van der Waals surface area contributed by atoms with Gasteiger partial charge in [-0.25, -0.2) is 14.8 Å². The van der Waals surface area contributed by atoms with Crippen LogP contribution in [0.1, 0.15) is 0 Å². The number of urea groups is 1. The first-order chi connectivity index (χ1) is 5.66. The van der Waals surface area contributed by atoms with E-state index in [9.17, 15) is 9.59 Å². The van der Waals surface area contributed by atoms with Gasteiger partial charge in [0.15, 0.2) is 6.04 Å². The molecule has 1 unspecified atom stereocenters. The summed E-state index contributed by atoms with van der Waals surface area (Å²) < 4.78 is 0. The number of imide groups is 1. The van der Waals surface area contributed by atoms with Crippen molar-refractivity contribution in [1.29, 1.82) is 0 Å². The molecule has 6 nitrogen and oxygen atoms in total. The highest BCUT2D eigenvalue weighted by atomic mass is 35.5. The van der Waals surface area contributed by atoms with E-state index in [1.165, 1.54) is 0 Å². The van der Waals surface area contributed by atoms with Crippen LogP contribution in [0.3, 0.4) is 0 Å². The number of hydrogen-bond donors (Lipinski definition) is 2. The van der Waals surface area contributed by atoms with E-state index < -0.39 is 18.0 Å². The molecule has 0 radical (unpaired) electrons. The van der Waals surface area contributed by atoms with Crippen molar-refractivity contribution in [1.82, 2.24) is 10.6 Å². The van der Waals surface area contributed by atoms with E-state index in [1.807, 2.05) is 5.32 Å². The molecule has 2 aliphatic heterocycles. The molecule has 0 bridgehead atoms. The molecule has 0 aromatic heterocycles. The smallest absolute Gasteiger partial charge is 0.293 e. The van der Waals surface area contributed by atoms with Crippen LogP contribution < -0.4 is 10.6 Å². The van der Waals surface area contributed by atoms with Gasteiger partial charge < -0.3 is 0 Å². The van der Waals surface area contributed by atoms with Gasteiger partial charge in [0.25, 0.3) is 5.91 Å². The van der Waals surface area contributed by atoms with Crippen molar-refractivity contribution in [3.63, 3.8) is 0 Å². The molecule has 0 spiro atoms. The van der Waals surface area contributed by atoms with Crippen molar-refractivity contribution in [3.8, 4) is 0 Å². The molecule has 2 heterocycles. The number of carbonyl (C=O) groups excluding carboxylic acids is 2. The van der Waals surface area contributed by atoms with Gasteiger partial charge in [-0.1, -0.05) is 0 Å². The Bertz CT molecular complexity index is 334. The van der Waals surface area contributed by atoms with Gasteiger partial charge in [-0.15, -0.1) is 0 Å². The Morgan fingerprint density at radius 2 is 2.08 bits per heavy atom. The van der Waals surface area contributed by atoms with Gasteiger partial charge in [-0.3, -0.25) is 15.4 Å². The normalized spacial score (nSPS) is 26.9. The number of carbonyl (C=O) groups is 2. The topological polar surface area (TPSA) is 82.9 Å². The Hall–Kier alpha value is -1.43. The summed E-state index contributed by atoms with van der Waals surface area (Å²) in [6.07, 6.45) is 0. The van der Waals surface area contributed by atoms with Gasteiger partial charge in [0.2, 0.25) is 5.29 Å². The van der Waals surface area contributed by atoms with Crippen LogP contribution >= 0.6 is 11.6 Å². The van der Waals surface area contributed by atoms with Crippen LogP contribution in [0, 0.1) is 0 Å². The summed E-state index contributed by atoms with van der Waals surface area (Å²) in [5.74, 6) is -0.318. The van der Waals surface area contributed by atoms with Crippen LogP contribution in [-0.4, -0.2) is 29.1 Å². The molecule has 3 amide bonds. The monoisotopic (exact) mass is 186 g/mol. The highest BCUT2D eigenvalue weighted by Gasteiger charge is 2.35. The van der Waals surface area contributed by atoms with E-state index in [4.69, 9.17) is 11.6 Å². The average molecular weight is 187 g/mol. The standard InChI is InChI=1S/C5H3ClN4O2/c6-4-7-1-2(8-4)9-5(12)10-3(1)11/h1H,(H2,7,8,9,10,11,12). The summed E-state index contributed by atoms with van der Waals surface area (Å²) >= 11 is 5.43. The van der Waals surface area contributed by atoms with Crippen LogP contribution in [-0.2, 0) is 4.79 Å². The first-order valence-electron chi connectivity index (χ1n) is 3.10. The lowest BCUT2D eigenvalue weighted by molar-refractivity contribution is -0.120. The fraction of sp³-hybridized carbons (Fsp3) is 0.200. The second-order valence-corrected chi connectivity index (χ2v) is 2.58. The predicted molar refractivity (Wildman–Crippen MR) is 41.2 cm³/mol. The van der Waals surface area contributed by atoms with Gasteiger partial charge in [0, 0.05) is 0 Å². The number of nitrogens with zero attached hydrogens (tertiary/aromatic N) is 2. The molecule has 1 saturated heterocycles. The molecular weight excluding hydrogens is 184 g/mol. The molecule has 0 aromatic rings. The third-order valence-corrected chi connectivity index (χ3v) is 1.62. The lowest BCUT2D eigenvalue weighted by atomic mass is 10.2. The third kappa shape index (κ3) is 0.964. The molecule has 1 atom stereocenters. The minimum Gasteiger partial charge on any atom is -0.293 e. The molecule has 2 aliphatic rings. The number of nitrogens with one attached hydrogen (secondary N) is 2. The first-order valence-corrected chi connectivity index (χ1v) is 3.48. The zero-order chi connectivity index (χ0) is 8.72. The van der Waals surface area contributed by atoms with E-state index in [0.717, 1.165) is 0 Å². The predicted octanol–water partition coefficient (Wildman–Crippen LogP) is -0.799. The summed E-state index contributed by atoms with van der Waals surface area (Å²) in [4.78, 5) is 29.0. The zero-order valence-electron chi connectivity index (χ0n) is 5.67. The van der Waals surface area contributed by atoms with Crippen molar-refractivity contribution in [2.24, 2.45) is 9.98 Å². The minimum absolute atomic E-state index is 0.0210. The van der Waals surface area contributed by atoms with Crippen LogP contribution in [0.15, 0.2) is 9.98 Å². The quantitative estimate of drug-likeness (QED) is 0.486. The Morgan fingerprint density at radius 1 is 1.33 bits per heavy atom. The number of fused-ring (bicyclic) bond motifs is 1. The fourth-order valence-corrected chi connectivity index (χ4v) is 1.15. The lowest BCUT2D eigenvalue weighted by Crippen LogP contribution is -2.57. The molecule has 1 fully saturated rings. The molecular formula is C5H3ClN4O2. The molecule has 0 saturated carbocycles. The third-order valence-electron chi connectivity index (χ3n) is 1.43. The molecule has 0 aromatic carbocycles.